The Labute approximate surface area is 259 Å². The van der Waals surface area contributed by atoms with Crippen LogP contribution >= 0.6 is 11.6 Å². The van der Waals surface area contributed by atoms with Gasteiger partial charge in [-0.15, -0.1) is 0 Å². The quantitative estimate of drug-likeness (QED) is 0.117. The Morgan fingerprint density at radius 3 is 2.26 bits per heavy atom. The average molecular weight is 625 g/mol. The van der Waals surface area contributed by atoms with E-state index in [1.807, 2.05) is 45.9 Å². The molecule has 0 unspecified atom stereocenters. The molecule has 0 bridgehead atoms. The molecule has 8 nitrogen and oxygen atoms in total. The predicted octanol–water partition coefficient (Wildman–Crippen LogP) is 7.90. The van der Waals surface area contributed by atoms with Crippen molar-refractivity contribution >= 4 is 33.3 Å². The molecule has 0 spiro atoms. The molecule has 0 radical (unpaired) electrons. The second-order valence-corrected chi connectivity index (χ2v) is 11.4. The molecular formula is C33H37ClN2O6S. The molecular weight excluding hydrogens is 588 g/mol. The number of hydrogen-bond acceptors (Lipinski definition) is 7. The third-order valence-electron chi connectivity index (χ3n) is 6.09. The SMILES string of the molecule is CC.CC(=O)N(Cc1cc(C)ccc1OCCCOS(=O)(=O)c1ccc(C)cc1)c1cccnc1Oc1ccc(Cl)cc1. The van der Waals surface area contributed by atoms with E-state index in [4.69, 9.17) is 25.3 Å². The summed E-state index contributed by atoms with van der Waals surface area (Å²) in [5.74, 6) is 1.17. The molecule has 43 heavy (non-hydrogen) atoms. The average Bonchev–Trinajstić information content (AvgIpc) is 2.99. The summed E-state index contributed by atoms with van der Waals surface area (Å²) in [7, 11) is -3.84. The summed E-state index contributed by atoms with van der Waals surface area (Å²) >= 11 is 5.99. The zero-order valence-corrected chi connectivity index (χ0v) is 26.6. The lowest BCUT2D eigenvalue weighted by molar-refractivity contribution is -0.116. The molecule has 4 aromatic rings. The lowest BCUT2D eigenvalue weighted by Crippen LogP contribution is -2.28. The van der Waals surface area contributed by atoms with Gasteiger partial charge >= 0.3 is 0 Å². The first kappa shape index (κ1) is 33.6. The number of halogens is 1. The van der Waals surface area contributed by atoms with E-state index in [0.29, 0.717) is 28.6 Å². The van der Waals surface area contributed by atoms with Crippen molar-refractivity contribution in [3.8, 4) is 17.4 Å². The zero-order chi connectivity index (χ0) is 31.4. The van der Waals surface area contributed by atoms with Gasteiger partial charge in [0.2, 0.25) is 11.8 Å². The largest absolute Gasteiger partial charge is 0.493 e. The Kier molecular flexibility index (Phi) is 12.5. The molecule has 0 aliphatic rings. The van der Waals surface area contributed by atoms with Gasteiger partial charge in [0, 0.05) is 30.1 Å². The van der Waals surface area contributed by atoms with Gasteiger partial charge in [0.1, 0.15) is 17.2 Å². The summed E-state index contributed by atoms with van der Waals surface area (Å²) in [6.45, 7) is 9.70. The van der Waals surface area contributed by atoms with Gasteiger partial charge in [0.25, 0.3) is 10.1 Å². The monoisotopic (exact) mass is 624 g/mol. The maximum absolute atomic E-state index is 12.8. The van der Waals surface area contributed by atoms with Gasteiger partial charge in [-0.2, -0.15) is 8.42 Å². The topological polar surface area (TPSA) is 95.0 Å². The molecule has 228 valence electrons. The number of rotatable bonds is 12. The molecule has 1 aromatic heterocycles. The highest BCUT2D eigenvalue weighted by molar-refractivity contribution is 7.86. The van der Waals surface area contributed by atoms with Crippen LogP contribution in [-0.4, -0.2) is 32.5 Å². The molecule has 3 aromatic carbocycles. The van der Waals surface area contributed by atoms with E-state index in [2.05, 4.69) is 4.98 Å². The normalized spacial score (nSPS) is 10.8. The van der Waals surface area contributed by atoms with E-state index >= 15 is 0 Å². The molecule has 1 heterocycles. The van der Waals surface area contributed by atoms with Crippen LogP contribution in [0.2, 0.25) is 5.02 Å². The fraction of sp³-hybridized carbons (Fsp3) is 0.273. The number of aryl methyl sites for hydroxylation is 2. The fourth-order valence-electron chi connectivity index (χ4n) is 3.97. The molecule has 0 saturated heterocycles. The third-order valence-corrected chi connectivity index (χ3v) is 7.67. The van der Waals surface area contributed by atoms with Crippen molar-refractivity contribution in [3.63, 3.8) is 0 Å². The smallest absolute Gasteiger partial charge is 0.296 e. The van der Waals surface area contributed by atoms with Gasteiger partial charge in [-0.1, -0.05) is 60.8 Å². The van der Waals surface area contributed by atoms with Crippen molar-refractivity contribution in [2.45, 2.75) is 52.5 Å². The number of ether oxygens (including phenoxy) is 2. The van der Waals surface area contributed by atoms with Gasteiger partial charge in [0.05, 0.1) is 24.7 Å². The van der Waals surface area contributed by atoms with Gasteiger partial charge in [-0.25, -0.2) is 4.98 Å². The van der Waals surface area contributed by atoms with Gasteiger partial charge in [-0.05, 0) is 68.4 Å². The first-order valence-corrected chi connectivity index (χ1v) is 15.8. The highest BCUT2D eigenvalue weighted by Crippen LogP contribution is 2.33. The van der Waals surface area contributed by atoms with Crippen LogP contribution in [0.15, 0.2) is 90.0 Å². The molecule has 0 saturated carbocycles. The number of carbonyl (C=O) groups excluding carboxylic acids is 1. The summed E-state index contributed by atoms with van der Waals surface area (Å²) in [5.41, 5.74) is 3.22. The third kappa shape index (κ3) is 9.81. The van der Waals surface area contributed by atoms with E-state index in [1.165, 1.54) is 19.1 Å². The second-order valence-electron chi connectivity index (χ2n) is 9.39. The highest BCUT2D eigenvalue weighted by Gasteiger charge is 2.21. The lowest BCUT2D eigenvalue weighted by atomic mass is 10.1. The Balaban J connectivity index is 0.00000248. The van der Waals surface area contributed by atoms with Crippen LogP contribution in [0.3, 0.4) is 0 Å². The molecule has 0 N–H and O–H groups in total. The summed E-state index contributed by atoms with van der Waals surface area (Å²) in [6.07, 6.45) is 1.94. The molecule has 0 atom stereocenters. The highest BCUT2D eigenvalue weighted by atomic mass is 35.5. The van der Waals surface area contributed by atoms with E-state index in [9.17, 15) is 13.2 Å². The summed E-state index contributed by atoms with van der Waals surface area (Å²) < 4.78 is 42.0. The Morgan fingerprint density at radius 1 is 0.907 bits per heavy atom. The number of anilines is 1. The number of pyridine rings is 1. The Bertz CT molecular complexity index is 1590. The minimum absolute atomic E-state index is 0.0297. The van der Waals surface area contributed by atoms with Gasteiger partial charge < -0.3 is 14.4 Å². The van der Waals surface area contributed by atoms with Crippen LogP contribution < -0.4 is 14.4 Å². The standard InChI is InChI=1S/C31H31ClN2O6S.C2H6/c1-22-7-14-28(15-8-22)41(36,37)39-19-5-18-38-30-16-9-23(2)20-25(30)21-34(24(3)35)29-6-4-17-33-31(29)40-27-12-10-26(32)11-13-27;1-2/h4,6-17,20H,5,18-19,21H2,1-3H3;1-2H3. The van der Waals surface area contributed by atoms with Crippen LogP contribution in [0.1, 0.15) is 43.9 Å². The number of nitrogens with zero attached hydrogens (tertiary/aromatic N) is 2. The van der Waals surface area contributed by atoms with Crippen molar-refractivity contribution in [2.75, 3.05) is 18.1 Å². The molecule has 0 aliphatic heterocycles. The molecule has 1 amide bonds. The van der Waals surface area contributed by atoms with Crippen molar-refractivity contribution in [2.24, 2.45) is 0 Å². The molecule has 0 aliphatic carbocycles. The van der Waals surface area contributed by atoms with E-state index in [-0.39, 0.29) is 36.4 Å². The summed E-state index contributed by atoms with van der Waals surface area (Å²) in [4.78, 5) is 18.9. The Hall–Kier alpha value is -3.92. The first-order chi connectivity index (χ1) is 20.6. The molecule has 0 fully saturated rings. The Morgan fingerprint density at radius 2 is 1.58 bits per heavy atom. The minimum atomic E-state index is -3.84. The summed E-state index contributed by atoms with van der Waals surface area (Å²) in [5, 5.41) is 0.579. The number of aromatic nitrogens is 1. The van der Waals surface area contributed by atoms with Crippen molar-refractivity contribution in [1.29, 1.82) is 0 Å². The van der Waals surface area contributed by atoms with Crippen LogP contribution in [-0.2, 0) is 25.6 Å². The number of benzene rings is 3. The lowest BCUT2D eigenvalue weighted by Gasteiger charge is -2.24. The number of hydrogen-bond donors (Lipinski definition) is 0. The van der Waals surface area contributed by atoms with Crippen molar-refractivity contribution < 1.29 is 26.9 Å². The van der Waals surface area contributed by atoms with Crippen molar-refractivity contribution in [3.05, 3.63) is 107 Å². The maximum atomic E-state index is 12.8. The predicted molar refractivity (Wildman–Crippen MR) is 170 cm³/mol. The maximum Gasteiger partial charge on any atom is 0.296 e. The molecule has 4 rings (SSSR count). The number of amides is 1. The number of carbonyl (C=O) groups is 1. The summed E-state index contributed by atoms with van der Waals surface area (Å²) in [6, 6.07) is 22.5. The van der Waals surface area contributed by atoms with Gasteiger partial charge in [-0.3, -0.25) is 8.98 Å². The molecule has 10 heteroatoms. The first-order valence-electron chi connectivity index (χ1n) is 14.0. The van der Waals surface area contributed by atoms with E-state index < -0.39 is 10.1 Å². The van der Waals surface area contributed by atoms with Gasteiger partial charge in [0.15, 0.2) is 0 Å². The van der Waals surface area contributed by atoms with Crippen molar-refractivity contribution in [1.82, 2.24) is 4.98 Å². The minimum Gasteiger partial charge on any atom is -0.493 e. The fourth-order valence-corrected chi connectivity index (χ4v) is 5.04. The second kappa shape index (κ2) is 16.1. The van der Waals surface area contributed by atoms with Crippen LogP contribution in [0.4, 0.5) is 5.69 Å². The van der Waals surface area contributed by atoms with Crippen LogP contribution in [0.5, 0.6) is 17.4 Å². The van der Waals surface area contributed by atoms with Crippen LogP contribution in [0, 0.1) is 13.8 Å². The zero-order valence-electron chi connectivity index (χ0n) is 25.0. The van der Waals surface area contributed by atoms with E-state index in [1.54, 1.807) is 59.6 Å². The van der Waals surface area contributed by atoms with Crippen LogP contribution in [0.25, 0.3) is 0 Å². The van der Waals surface area contributed by atoms with E-state index in [0.717, 1.165) is 16.7 Å².